The average Bonchev–Trinajstić information content (AvgIpc) is 2.61. The second-order valence-electron chi connectivity index (χ2n) is 6.35. The van der Waals surface area contributed by atoms with Gasteiger partial charge >= 0.3 is 6.03 Å². The van der Waals surface area contributed by atoms with Crippen LogP contribution >= 0.6 is 0 Å². The van der Waals surface area contributed by atoms with E-state index in [9.17, 15) is 4.79 Å². The molecule has 0 aromatic carbocycles. The first kappa shape index (κ1) is 15.1. The zero-order valence-electron chi connectivity index (χ0n) is 13.2. The van der Waals surface area contributed by atoms with E-state index in [1.54, 1.807) is 0 Å². The Kier molecular flexibility index (Phi) is 5.14. The molecule has 2 heterocycles. The van der Waals surface area contributed by atoms with Gasteiger partial charge in [-0.05, 0) is 30.9 Å². The molecule has 1 saturated carbocycles. The van der Waals surface area contributed by atoms with Crippen molar-refractivity contribution in [1.82, 2.24) is 15.2 Å². The van der Waals surface area contributed by atoms with Crippen LogP contribution in [0.3, 0.4) is 0 Å². The SMILES string of the molecule is O=C(NCC1CCCCC1)N1CCN(c2ccccn2)CC1. The molecule has 0 atom stereocenters. The number of urea groups is 1. The van der Waals surface area contributed by atoms with Gasteiger partial charge in [0.2, 0.25) is 0 Å². The van der Waals surface area contributed by atoms with Crippen LogP contribution < -0.4 is 10.2 Å². The van der Waals surface area contributed by atoms with Gasteiger partial charge in [-0.2, -0.15) is 0 Å². The molecule has 1 aromatic heterocycles. The first-order valence-corrected chi connectivity index (χ1v) is 8.52. The number of rotatable bonds is 3. The van der Waals surface area contributed by atoms with Crippen LogP contribution in [-0.2, 0) is 0 Å². The normalized spacial score (nSPS) is 20.0. The van der Waals surface area contributed by atoms with Crippen molar-refractivity contribution in [2.24, 2.45) is 5.92 Å². The van der Waals surface area contributed by atoms with Crippen LogP contribution in [0.25, 0.3) is 0 Å². The summed E-state index contributed by atoms with van der Waals surface area (Å²) in [7, 11) is 0. The van der Waals surface area contributed by atoms with Gasteiger partial charge < -0.3 is 15.1 Å². The molecule has 1 aliphatic carbocycles. The second-order valence-corrected chi connectivity index (χ2v) is 6.35. The molecule has 120 valence electrons. The molecule has 0 radical (unpaired) electrons. The van der Waals surface area contributed by atoms with Crippen molar-refractivity contribution in [1.29, 1.82) is 0 Å². The topological polar surface area (TPSA) is 48.5 Å². The van der Waals surface area contributed by atoms with Gasteiger partial charge in [-0.25, -0.2) is 9.78 Å². The number of carbonyl (C=O) groups is 1. The maximum Gasteiger partial charge on any atom is 0.317 e. The van der Waals surface area contributed by atoms with Gasteiger partial charge in [-0.1, -0.05) is 25.3 Å². The molecule has 0 spiro atoms. The van der Waals surface area contributed by atoms with Gasteiger partial charge in [0, 0.05) is 38.9 Å². The molecule has 5 heteroatoms. The molecule has 0 bridgehead atoms. The number of nitrogens with one attached hydrogen (secondary N) is 1. The highest BCUT2D eigenvalue weighted by Crippen LogP contribution is 2.22. The fourth-order valence-electron chi connectivity index (χ4n) is 3.41. The minimum absolute atomic E-state index is 0.103. The number of hydrogen-bond donors (Lipinski definition) is 1. The van der Waals surface area contributed by atoms with Crippen LogP contribution in [0.1, 0.15) is 32.1 Å². The molecular formula is C17H26N4O. The third kappa shape index (κ3) is 3.90. The first-order valence-electron chi connectivity index (χ1n) is 8.52. The Morgan fingerprint density at radius 3 is 2.59 bits per heavy atom. The molecular weight excluding hydrogens is 276 g/mol. The Balaban J connectivity index is 1.41. The molecule has 1 saturated heterocycles. The molecule has 1 N–H and O–H groups in total. The van der Waals surface area contributed by atoms with Gasteiger partial charge in [0.05, 0.1) is 0 Å². The second kappa shape index (κ2) is 7.47. The zero-order valence-corrected chi connectivity index (χ0v) is 13.2. The zero-order chi connectivity index (χ0) is 15.2. The summed E-state index contributed by atoms with van der Waals surface area (Å²) in [6.07, 6.45) is 8.37. The number of aromatic nitrogens is 1. The molecule has 1 aliphatic heterocycles. The van der Waals surface area contributed by atoms with E-state index < -0.39 is 0 Å². The monoisotopic (exact) mass is 302 g/mol. The van der Waals surface area contributed by atoms with Crippen LogP contribution in [0.2, 0.25) is 0 Å². The van der Waals surface area contributed by atoms with E-state index in [1.807, 2.05) is 29.3 Å². The smallest absolute Gasteiger partial charge is 0.317 e. The molecule has 0 unspecified atom stereocenters. The van der Waals surface area contributed by atoms with Crippen molar-refractivity contribution in [3.05, 3.63) is 24.4 Å². The number of hydrogen-bond acceptors (Lipinski definition) is 3. The van der Waals surface area contributed by atoms with E-state index in [-0.39, 0.29) is 6.03 Å². The Labute approximate surface area is 132 Å². The molecule has 2 aliphatic rings. The Hall–Kier alpha value is -1.78. The fourth-order valence-corrected chi connectivity index (χ4v) is 3.41. The van der Waals surface area contributed by atoms with E-state index in [0.29, 0.717) is 5.92 Å². The average molecular weight is 302 g/mol. The lowest BCUT2D eigenvalue weighted by Gasteiger charge is -2.35. The Morgan fingerprint density at radius 1 is 1.14 bits per heavy atom. The predicted molar refractivity (Wildman–Crippen MR) is 88.0 cm³/mol. The fraction of sp³-hybridized carbons (Fsp3) is 0.647. The van der Waals surface area contributed by atoms with Crippen molar-refractivity contribution in [3.8, 4) is 0 Å². The summed E-state index contributed by atoms with van der Waals surface area (Å²) in [6.45, 7) is 4.10. The minimum Gasteiger partial charge on any atom is -0.353 e. The summed E-state index contributed by atoms with van der Waals surface area (Å²) >= 11 is 0. The summed E-state index contributed by atoms with van der Waals surface area (Å²) in [5.41, 5.74) is 0. The molecule has 2 amide bonds. The number of carbonyl (C=O) groups excluding carboxylic acids is 1. The van der Waals surface area contributed by atoms with Crippen molar-refractivity contribution >= 4 is 11.8 Å². The highest BCUT2D eigenvalue weighted by molar-refractivity contribution is 5.74. The lowest BCUT2D eigenvalue weighted by molar-refractivity contribution is 0.190. The molecule has 3 rings (SSSR count). The lowest BCUT2D eigenvalue weighted by atomic mass is 9.89. The van der Waals surface area contributed by atoms with Gasteiger partial charge in [0.15, 0.2) is 0 Å². The van der Waals surface area contributed by atoms with Crippen LogP contribution in [0.15, 0.2) is 24.4 Å². The van der Waals surface area contributed by atoms with Crippen LogP contribution in [0.5, 0.6) is 0 Å². The quantitative estimate of drug-likeness (QED) is 0.933. The van der Waals surface area contributed by atoms with Crippen molar-refractivity contribution in [3.63, 3.8) is 0 Å². The van der Waals surface area contributed by atoms with Crippen molar-refractivity contribution in [2.75, 3.05) is 37.6 Å². The van der Waals surface area contributed by atoms with Crippen LogP contribution in [0, 0.1) is 5.92 Å². The van der Waals surface area contributed by atoms with E-state index in [0.717, 1.165) is 38.5 Å². The van der Waals surface area contributed by atoms with E-state index in [4.69, 9.17) is 0 Å². The van der Waals surface area contributed by atoms with Crippen LogP contribution in [0.4, 0.5) is 10.6 Å². The minimum atomic E-state index is 0.103. The highest BCUT2D eigenvalue weighted by atomic mass is 16.2. The molecule has 1 aromatic rings. The number of piperazine rings is 1. The van der Waals surface area contributed by atoms with E-state index >= 15 is 0 Å². The number of nitrogens with zero attached hydrogens (tertiary/aromatic N) is 3. The summed E-state index contributed by atoms with van der Waals surface area (Å²) < 4.78 is 0. The Morgan fingerprint density at radius 2 is 1.91 bits per heavy atom. The number of anilines is 1. The standard InChI is InChI=1S/C17H26N4O/c22-17(19-14-15-6-2-1-3-7-15)21-12-10-20(11-13-21)16-8-4-5-9-18-16/h4-5,8-9,15H,1-3,6-7,10-14H2,(H,19,22). The summed E-state index contributed by atoms with van der Waals surface area (Å²) in [5, 5.41) is 3.13. The molecule has 5 nitrogen and oxygen atoms in total. The van der Waals surface area contributed by atoms with Gasteiger partial charge in [0.25, 0.3) is 0 Å². The maximum absolute atomic E-state index is 12.3. The maximum atomic E-state index is 12.3. The highest BCUT2D eigenvalue weighted by Gasteiger charge is 2.22. The third-order valence-electron chi connectivity index (χ3n) is 4.81. The van der Waals surface area contributed by atoms with Crippen molar-refractivity contribution < 1.29 is 4.79 Å². The van der Waals surface area contributed by atoms with E-state index in [1.165, 1.54) is 32.1 Å². The molecule has 22 heavy (non-hydrogen) atoms. The Bertz CT molecular complexity index is 465. The van der Waals surface area contributed by atoms with Crippen molar-refractivity contribution in [2.45, 2.75) is 32.1 Å². The predicted octanol–water partition coefficient (Wildman–Crippen LogP) is 2.49. The number of pyridine rings is 1. The summed E-state index contributed by atoms with van der Waals surface area (Å²) in [6, 6.07) is 6.06. The largest absolute Gasteiger partial charge is 0.353 e. The lowest BCUT2D eigenvalue weighted by Crippen LogP contribution is -2.52. The van der Waals surface area contributed by atoms with Gasteiger partial charge in [-0.3, -0.25) is 0 Å². The van der Waals surface area contributed by atoms with E-state index in [2.05, 4.69) is 15.2 Å². The summed E-state index contributed by atoms with van der Waals surface area (Å²) in [4.78, 5) is 20.8. The van der Waals surface area contributed by atoms with Gasteiger partial charge in [-0.15, -0.1) is 0 Å². The molecule has 2 fully saturated rings. The van der Waals surface area contributed by atoms with Crippen LogP contribution in [-0.4, -0.2) is 48.6 Å². The summed E-state index contributed by atoms with van der Waals surface area (Å²) in [5.74, 6) is 1.69. The van der Waals surface area contributed by atoms with Gasteiger partial charge in [0.1, 0.15) is 5.82 Å². The first-order chi connectivity index (χ1) is 10.8. The third-order valence-corrected chi connectivity index (χ3v) is 4.81. The number of amides is 2.